The molecule has 3 nitrogen and oxygen atoms in total. The third-order valence-electron chi connectivity index (χ3n) is 2.22. The lowest BCUT2D eigenvalue weighted by molar-refractivity contribution is -0.00938. The Balaban J connectivity index is 2.45. The smallest absolute Gasteiger partial charge is 0.0936 e. The van der Waals surface area contributed by atoms with Crippen molar-refractivity contribution in [1.82, 2.24) is 5.32 Å². The third-order valence-corrected chi connectivity index (χ3v) is 2.99. The molecule has 1 N–H and O–H groups in total. The van der Waals surface area contributed by atoms with Crippen LogP contribution in [-0.2, 0) is 16.1 Å². The third kappa shape index (κ3) is 4.61. The molecule has 0 amide bonds. The summed E-state index contributed by atoms with van der Waals surface area (Å²) in [5.41, 5.74) is 1.15. The Hall–Kier alpha value is -0.420. The van der Waals surface area contributed by atoms with Crippen LogP contribution in [0.15, 0.2) is 28.7 Å². The monoisotopic (exact) mass is 287 g/mol. The van der Waals surface area contributed by atoms with Gasteiger partial charge in [0.05, 0.1) is 19.3 Å². The summed E-state index contributed by atoms with van der Waals surface area (Å²) in [7, 11) is 3.59. The van der Waals surface area contributed by atoms with E-state index in [2.05, 4.69) is 21.2 Å². The van der Waals surface area contributed by atoms with Crippen molar-refractivity contribution in [2.24, 2.45) is 0 Å². The lowest BCUT2D eigenvalue weighted by Gasteiger charge is -2.17. The molecule has 0 saturated carbocycles. The normalized spacial score (nSPS) is 12.7. The van der Waals surface area contributed by atoms with Crippen molar-refractivity contribution >= 4 is 15.9 Å². The predicted molar refractivity (Wildman–Crippen MR) is 68.5 cm³/mol. The lowest BCUT2D eigenvalue weighted by Crippen LogP contribution is -2.30. The van der Waals surface area contributed by atoms with Crippen LogP contribution in [0.3, 0.4) is 0 Å². The number of methoxy groups -OCH3 is 1. The Kier molecular flexibility index (Phi) is 6.64. The molecule has 0 aromatic heterocycles. The van der Waals surface area contributed by atoms with Crippen molar-refractivity contribution in [3.8, 4) is 0 Å². The molecule has 0 saturated heterocycles. The highest BCUT2D eigenvalue weighted by Gasteiger charge is 2.08. The van der Waals surface area contributed by atoms with E-state index < -0.39 is 0 Å². The topological polar surface area (TPSA) is 30.5 Å². The Labute approximate surface area is 105 Å². The zero-order valence-corrected chi connectivity index (χ0v) is 11.3. The maximum absolute atomic E-state index is 5.77. The van der Waals surface area contributed by atoms with Crippen molar-refractivity contribution in [3.05, 3.63) is 34.3 Å². The first-order valence-electron chi connectivity index (χ1n) is 5.26. The molecule has 0 fully saturated rings. The standard InChI is InChI=1S/C12H18BrNO2/c1-14-7-11(9-15-2)16-8-10-5-3-4-6-12(10)13/h3-6,11,14H,7-9H2,1-2H3. The van der Waals surface area contributed by atoms with Crippen LogP contribution in [0.5, 0.6) is 0 Å². The molecule has 0 bridgehead atoms. The number of likely N-dealkylation sites (N-methyl/N-ethyl adjacent to an activating group) is 1. The summed E-state index contributed by atoms with van der Waals surface area (Å²) < 4.78 is 12.0. The minimum absolute atomic E-state index is 0.0853. The summed E-state index contributed by atoms with van der Waals surface area (Å²) in [6, 6.07) is 8.07. The summed E-state index contributed by atoms with van der Waals surface area (Å²) >= 11 is 3.50. The van der Waals surface area contributed by atoms with E-state index in [1.165, 1.54) is 0 Å². The first kappa shape index (κ1) is 13.6. The van der Waals surface area contributed by atoms with Crippen LogP contribution in [-0.4, -0.2) is 33.4 Å². The Morgan fingerprint density at radius 3 is 2.75 bits per heavy atom. The number of benzene rings is 1. The highest BCUT2D eigenvalue weighted by molar-refractivity contribution is 9.10. The zero-order valence-electron chi connectivity index (χ0n) is 9.70. The number of halogens is 1. The fourth-order valence-corrected chi connectivity index (χ4v) is 1.80. The maximum Gasteiger partial charge on any atom is 0.0936 e. The van der Waals surface area contributed by atoms with Crippen molar-refractivity contribution in [1.29, 1.82) is 0 Å². The van der Waals surface area contributed by atoms with Crippen molar-refractivity contribution in [2.45, 2.75) is 12.7 Å². The Bertz CT molecular complexity index is 301. The van der Waals surface area contributed by atoms with E-state index in [-0.39, 0.29) is 6.10 Å². The molecule has 1 atom stereocenters. The highest BCUT2D eigenvalue weighted by atomic mass is 79.9. The molecule has 1 aromatic carbocycles. The number of nitrogens with one attached hydrogen (secondary N) is 1. The molecule has 0 spiro atoms. The minimum atomic E-state index is 0.0853. The molecular weight excluding hydrogens is 270 g/mol. The van der Waals surface area contributed by atoms with E-state index >= 15 is 0 Å². The number of rotatable bonds is 7. The van der Waals surface area contributed by atoms with Crippen LogP contribution in [0.1, 0.15) is 5.56 Å². The van der Waals surface area contributed by atoms with Gasteiger partial charge >= 0.3 is 0 Å². The molecule has 1 rings (SSSR count). The summed E-state index contributed by atoms with van der Waals surface area (Å²) in [6.45, 7) is 1.99. The van der Waals surface area contributed by atoms with E-state index in [1.807, 2.05) is 31.3 Å². The van der Waals surface area contributed by atoms with Gasteiger partial charge in [-0.05, 0) is 18.7 Å². The molecule has 0 aliphatic carbocycles. The maximum atomic E-state index is 5.77. The number of hydrogen-bond donors (Lipinski definition) is 1. The van der Waals surface area contributed by atoms with Crippen molar-refractivity contribution < 1.29 is 9.47 Å². The van der Waals surface area contributed by atoms with Gasteiger partial charge in [0.15, 0.2) is 0 Å². The fourth-order valence-electron chi connectivity index (χ4n) is 1.40. The quantitative estimate of drug-likeness (QED) is 0.834. The van der Waals surface area contributed by atoms with Crippen LogP contribution < -0.4 is 5.32 Å². The molecule has 16 heavy (non-hydrogen) atoms. The van der Waals surface area contributed by atoms with Gasteiger partial charge in [-0.25, -0.2) is 0 Å². The average molecular weight is 288 g/mol. The summed E-state index contributed by atoms with van der Waals surface area (Å²) in [6.07, 6.45) is 0.0853. The van der Waals surface area contributed by atoms with Gasteiger partial charge in [-0.3, -0.25) is 0 Å². The van der Waals surface area contributed by atoms with E-state index in [4.69, 9.17) is 9.47 Å². The van der Waals surface area contributed by atoms with Gasteiger partial charge in [-0.15, -0.1) is 0 Å². The number of ether oxygens (including phenoxy) is 2. The van der Waals surface area contributed by atoms with Crippen LogP contribution >= 0.6 is 15.9 Å². The van der Waals surface area contributed by atoms with Gasteiger partial charge < -0.3 is 14.8 Å². The SMILES string of the molecule is CNCC(COC)OCc1ccccc1Br. The van der Waals surface area contributed by atoms with Gasteiger partial charge in [0, 0.05) is 18.1 Å². The van der Waals surface area contributed by atoms with Crippen molar-refractivity contribution in [2.75, 3.05) is 27.3 Å². The molecule has 4 heteroatoms. The molecule has 0 aliphatic heterocycles. The molecule has 1 aromatic rings. The highest BCUT2D eigenvalue weighted by Crippen LogP contribution is 2.17. The van der Waals surface area contributed by atoms with E-state index in [1.54, 1.807) is 7.11 Å². The van der Waals surface area contributed by atoms with E-state index in [0.717, 1.165) is 16.6 Å². The van der Waals surface area contributed by atoms with Crippen LogP contribution in [0, 0.1) is 0 Å². The van der Waals surface area contributed by atoms with Crippen molar-refractivity contribution in [3.63, 3.8) is 0 Å². The lowest BCUT2D eigenvalue weighted by atomic mass is 10.2. The Morgan fingerprint density at radius 2 is 2.12 bits per heavy atom. The van der Waals surface area contributed by atoms with E-state index in [9.17, 15) is 0 Å². The minimum Gasteiger partial charge on any atom is -0.382 e. The van der Waals surface area contributed by atoms with Crippen LogP contribution in [0.2, 0.25) is 0 Å². The molecule has 0 heterocycles. The molecule has 0 radical (unpaired) electrons. The van der Waals surface area contributed by atoms with Gasteiger partial charge in [-0.1, -0.05) is 34.1 Å². The van der Waals surface area contributed by atoms with Crippen LogP contribution in [0.25, 0.3) is 0 Å². The largest absolute Gasteiger partial charge is 0.382 e. The molecular formula is C12H18BrNO2. The number of hydrogen-bond acceptors (Lipinski definition) is 3. The fraction of sp³-hybridized carbons (Fsp3) is 0.500. The first-order valence-corrected chi connectivity index (χ1v) is 6.05. The molecule has 1 unspecified atom stereocenters. The summed E-state index contributed by atoms with van der Waals surface area (Å²) in [5.74, 6) is 0. The van der Waals surface area contributed by atoms with E-state index in [0.29, 0.717) is 13.2 Å². The second-order valence-corrected chi connectivity index (χ2v) is 4.39. The average Bonchev–Trinajstić information content (AvgIpc) is 2.28. The predicted octanol–water partition coefficient (Wildman–Crippen LogP) is 2.20. The first-order chi connectivity index (χ1) is 7.77. The van der Waals surface area contributed by atoms with Gasteiger partial charge in [0.25, 0.3) is 0 Å². The zero-order chi connectivity index (χ0) is 11.8. The van der Waals surface area contributed by atoms with Gasteiger partial charge in [0.2, 0.25) is 0 Å². The van der Waals surface area contributed by atoms with Crippen LogP contribution in [0.4, 0.5) is 0 Å². The molecule has 0 aliphatic rings. The second-order valence-electron chi connectivity index (χ2n) is 3.54. The summed E-state index contributed by atoms with van der Waals surface area (Å²) in [5, 5.41) is 3.09. The van der Waals surface area contributed by atoms with Gasteiger partial charge in [-0.2, -0.15) is 0 Å². The summed E-state index contributed by atoms with van der Waals surface area (Å²) in [4.78, 5) is 0. The van der Waals surface area contributed by atoms with Gasteiger partial charge in [0.1, 0.15) is 0 Å². The Morgan fingerprint density at radius 1 is 1.38 bits per heavy atom. The second kappa shape index (κ2) is 7.79. The molecule has 90 valence electrons.